The van der Waals surface area contributed by atoms with Crippen LogP contribution in [0.2, 0.25) is 0 Å². The van der Waals surface area contributed by atoms with Crippen LogP contribution in [0.5, 0.6) is 0 Å². The van der Waals surface area contributed by atoms with Crippen LogP contribution in [0.3, 0.4) is 0 Å². The van der Waals surface area contributed by atoms with E-state index < -0.39 is 6.04 Å². The highest BCUT2D eigenvalue weighted by molar-refractivity contribution is 5.87. The maximum absolute atomic E-state index is 12.1. The normalized spacial score (nSPS) is 16.6. The Balaban J connectivity index is 1.71. The minimum absolute atomic E-state index is 0.0171. The molecule has 0 unspecified atom stereocenters. The van der Waals surface area contributed by atoms with Crippen LogP contribution < -0.4 is 10.6 Å². The Morgan fingerprint density at radius 2 is 2.00 bits per heavy atom. The number of nitrogens with one attached hydrogen (secondary N) is 2. The summed E-state index contributed by atoms with van der Waals surface area (Å²) in [6, 6.07) is 3.34. The first-order valence-corrected chi connectivity index (χ1v) is 8.53. The maximum Gasteiger partial charge on any atom is 0.242 e. The van der Waals surface area contributed by atoms with Crippen molar-refractivity contribution in [2.24, 2.45) is 5.92 Å². The Kier molecular flexibility index (Phi) is 6.56. The average Bonchev–Trinajstić information content (AvgIpc) is 2.54. The van der Waals surface area contributed by atoms with E-state index in [4.69, 9.17) is 0 Å². The molecule has 2 rings (SSSR count). The fourth-order valence-electron chi connectivity index (χ4n) is 2.96. The summed E-state index contributed by atoms with van der Waals surface area (Å²) in [5.74, 6) is 0.303. The summed E-state index contributed by atoms with van der Waals surface area (Å²) in [7, 11) is 0. The molecule has 1 aliphatic carbocycles. The Labute approximate surface area is 138 Å². The summed E-state index contributed by atoms with van der Waals surface area (Å²) in [5, 5.41) is 5.64. The van der Waals surface area contributed by atoms with E-state index in [2.05, 4.69) is 15.6 Å². The van der Waals surface area contributed by atoms with E-state index in [1.54, 1.807) is 13.1 Å². The van der Waals surface area contributed by atoms with Crippen molar-refractivity contribution in [2.45, 2.75) is 65.0 Å². The zero-order valence-corrected chi connectivity index (χ0v) is 14.1. The number of rotatable bonds is 6. The van der Waals surface area contributed by atoms with Crippen LogP contribution in [0.4, 0.5) is 0 Å². The molecule has 1 aliphatic rings. The van der Waals surface area contributed by atoms with Gasteiger partial charge < -0.3 is 10.6 Å². The smallest absolute Gasteiger partial charge is 0.242 e. The largest absolute Gasteiger partial charge is 0.350 e. The van der Waals surface area contributed by atoms with E-state index in [-0.39, 0.29) is 11.8 Å². The van der Waals surface area contributed by atoms with Crippen molar-refractivity contribution in [3.05, 3.63) is 29.6 Å². The van der Waals surface area contributed by atoms with Crippen molar-refractivity contribution in [3.8, 4) is 0 Å². The summed E-state index contributed by atoms with van der Waals surface area (Å²) in [4.78, 5) is 28.3. The molecular weight excluding hydrogens is 290 g/mol. The Morgan fingerprint density at radius 3 is 2.65 bits per heavy atom. The lowest BCUT2D eigenvalue weighted by molar-refractivity contribution is -0.129. The van der Waals surface area contributed by atoms with Crippen molar-refractivity contribution >= 4 is 11.8 Å². The zero-order valence-electron chi connectivity index (χ0n) is 14.1. The molecule has 126 valence electrons. The number of aryl methyl sites for hydroxylation is 1. The molecule has 1 fully saturated rings. The van der Waals surface area contributed by atoms with E-state index in [0.29, 0.717) is 18.9 Å². The van der Waals surface area contributed by atoms with Crippen molar-refractivity contribution in [1.82, 2.24) is 15.6 Å². The second-order valence-corrected chi connectivity index (χ2v) is 6.52. The third-order valence-corrected chi connectivity index (χ3v) is 4.41. The highest BCUT2D eigenvalue weighted by Gasteiger charge is 2.20. The third kappa shape index (κ3) is 6.00. The number of amides is 2. The Hall–Kier alpha value is -1.91. The van der Waals surface area contributed by atoms with Crippen LogP contribution in [0, 0.1) is 12.8 Å². The molecule has 2 amide bonds. The third-order valence-electron chi connectivity index (χ3n) is 4.41. The number of hydrogen-bond acceptors (Lipinski definition) is 3. The quantitative estimate of drug-likeness (QED) is 0.847. The predicted molar refractivity (Wildman–Crippen MR) is 89.6 cm³/mol. The molecule has 5 heteroatoms. The summed E-state index contributed by atoms with van der Waals surface area (Å²) >= 11 is 0. The molecule has 0 radical (unpaired) electrons. The van der Waals surface area contributed by atoms with E-state index in [1.165, 1.54) is 19.3 Å². The molecule has 23 heavy (non-hydrogen) atoms. The number of carbonyl (C=O) groups is 2. The highest BCUT2D eigenvalue weighted by atomic mass is 16.2. The molecule has 0 aromatic carbocycles. The van der Waals surface area contributed by atoms with Gasteiger partial charge in [0.15, 0.2) is 0 Å². The van der Waals surface area contributed by atoms with Gasteiger partial charge in [-0.1, -0.05) is 25.3 Å². The van der Waals surface area contributed by atoms with Crippen LogP contribution in [-0.2, 0) is 16.1 Å². The fraction of sp³-hybridized carbons (Fsp3) is 0.611. The molecule has 1 aromatic heterocycles. The van der Waals surface area contributed by atoms with Gasteiger partial charge in [-0.3, -0.25) is 14.6 Å². The lowest BCUT2D eigenvalue weighted by atomic mass is 9.87. The molecule has 1 atom stereocenters. The summed E-state index contributed by atoms with van der Waals surface area (Å²) < 4.78 is 0. The number of hydrogen-bond donors (Lipinski definition) is 2. The number of aromatic nitrogens is 1. The molecule has 2 N–H and O–H groups in total. The maximum atomic E-state index is 12.1. The predicted octanol–water partition coefficient (Wildman–Crippen LogP) is 2.48. The van der Waals surface area contributed by atoms with Gasteiger partial charge in [0.2, 0.25) is 11.8 Å². The topological polar surface area (TPSA) is 71.1 Å². The lowest BCUT2D eigenvalue weighted by Gasteiger charge is -2.22. The Morgan fingerprint density at radius 1 is 1.26 bits per heavy atom. The van der Waals surface area contributed by atoms with Crippen LogP contribution in [-0.4, -0.2) is 22.8 Å². The number of pyridine rings is 1. The highest BCUT2D eigenvalue weighted by Crippen LogP contribution is 2.26. The number of nitrogens with zero attached hydrogens (tertiary/aromatic N) is 1. The molecule has 0 aliphatic heterocycles. The Bertz CT molecular complexity index is 522. The van der Waals surface area contributed by atoms with Crippen LogP contribution in [0.15, 0.2) is 18.3 Å². The van der Waals surface area contributed by atoms with E-state index in [0.717, 1.165) is 24.1 Å². The van der Waals surface area contributed by atoms with Gasteiger partial charge in [0.05, 0.1) is 0 Å². The SMILES string of the molecule is Cc1ccc(CNC(=O)[C@H](C)NC(=O)CC2CCCCC2)cn1. The second kappa shape index (κ2) is 8.65. The van der Waals surface area contributed by atoms with Crippen LogP contribution in [0.1, 0.15) is 56.7 Å². The first-order chi connectivity index (χ1) is 11.0. The zero-order chi connectivity index (χ0) is 16.7. The summed E-state index contributed by atoms with van der Waals surface area (Å²) in [5.41, 5.74) is 1.90. The lowest BCUT2D eigenvalue weighted by Crippen LogP contribution is -2.45. The number of carbonyl (C=O) groups excluding carboxylic acids is 2. The van der Waals surface area contributed by atoms with Crippen LogP contribution >= 0.6 is 0 Å². The van der Waals surface area contributed by atoms with E-state index >= 15 is 0 Å². The van der Waals surface area contributed by atoms with Gasteiger partial charge in [-0.05, 0) is 44.2 Å². The molecule has 1 saturated carbocycles. The minimum atomic E-state index is -0.510. The summed E-state index contributed by atoms with van der Waals surface area (Å²) in [6.45, 7) is 4.07. The van der Waals surface area contributed by atoms with Gasteiger partial charge in [0, 0.05) is 24.9 Å². The first kappa shape index (κ1) is 17.4. The second-order valence-electron chi connectivity index (χ2n) is 6.52. The molecule has 0 bridgehead atoms. The average molecular weight is 317 g/mol. The van der Waals surface area contributed by atoms with Crippen molar-refractivity contribution in [2.75, 3.05) is 0 Å². The molecule has 0 saturated heterocycles. The molecular formula is C18H27N3O2. The van der Waals surface area contributed by atoms with E-state index in [9.17, 15) is 9.59 Å². The molecule has 0 spiro atoms. The minimum Gasteiger partial charge on any atom is -0.350 e. The van der Waals surface area contributed by atoms with Crippen molar-refractivity contribution in [1.29, 1.82) is 0 Å². The van der Waals surface area contributed by atoms with Gasteiger partial charge in [-0.15, -0.1) is 0 Å². The monoisotopic (exact) mass is 317 g/mol. The molecule has 1 heterocycles. The summed E-state index contributed by atoms with van der Waals surface area (Å²) in [6.07, 6.45) is 8.28. The molecule has 1 aromatic rings. The fourth-order valence-corrected chi connectivity index (χ4v) is 2.96. The van der Waals surface area contributed by atoms with Gasteiger partial charge in [0.1, 0.15) is 6.04 Å². The van der Waals surface area contributed by atoms with Crippen LogP contribution in [0.25, 0.3) is 0 Å². The molecule has 5 nitrogen and oxygen atoms in total. The van der Waals surface area contributed by atoms with Crippen molar-refractivity contribution < 1.29 is 9.59 Å². The van der Waals surface area contributed by atoms with Gasteiger partial charge in [-0.25, -0.2) is 0 Å². The van der Waals surface area contributed by atoms with Gasteiger partial charge in [0.25, 0.3) is 0 Å². The van der Waals surface area contributed by atoms with Gasteiger partial charge in [-0.2, -0.15) is 0 Å². The first-order valence-electron chi connectivity index (χ1n) is 8.53. The van der Waals surface area contributed by atoms with Crippen molar-refractivity contribution in [3.63, 3.8) is 0 Å². The standard InChI is InChI=1S/C18H27N3O2/c1-13-8-9-16(11-19-13)12-20-18(23)14(2)21-17(22)10-15-6-4-3-5-7-15/h8-9,11,14-15H,3-7,10,12H2,1-2H3,(H,20,23)(H,21,22)/t14-/m0/s1. The van der Waals surface area contributed by atoms with Gasteiger partial charge >= 0.3 is 0 Å². The van der Waals surface area contributed by atoms with E-state index in [1.807, 2.05) is 19.1 Å².